The van der Waals surface area contributed by atoms with Gasteiger partial charge >= 0.3 is 0 Å². The molecular weight excluding hydrogens is 402 g/mol. The zero-order valence-corrected chi connectivity index (χ0v) is 17.4. The van der Waals surface area contributed by atoms with Crippen LogP contribution in [0.3, 0.4) is 0 Å². The molecule has 0 atom stereocenters. The lowest BCUT2D eigenvalue weighted by Gasteiger charge is -2.31. The Kier molecular flexibility index (Phi) is 4.60. The van der Waals surface area contributed by atoms with E-state index in [2.05, 4.69) is 30.1 Å². The van der Waals surface area contributed by atoms with Crippen molar-refractivity contribution in [1.29, 1.82) is 0 Å². The molecule has 0 spiro atoms. The first kappa shape index (κ1) is 18.7. The Hall–Kier alpha value is -4.07. The molecule has 4 heterocycles. The van der Waals surface area contributed by atoms with E-state index >= 15 is 0 Å². The summed E-state index contributed by atoms with van der Waals surface area (Å²) < 4.78 is 7.46. The van der Waals surface area contributed by atoms with Crippen molar-refractivity contribution >= 4 is 16.9 Å². The van der Waals surface area contributed by atoms with E-state index in [4.69, 9.17) is 4.52 Å². The Bertz CT molecular complexity index is 1340. The van der Waals surface area contributed by atoms with Crippen LogP contribution in [0.1, 0.15) is 24.7 Å². The van der Waals surface area contributed by atoms with Gasteiger partial charge in [-0.2, -0.15) is 10.1 Å². The van der Waals surface area contributed by atoms with E-state index in [9.17, 15) is 0 Å². The van der Waals surface area contributed by atoms with Crippen molar-refractivity contribution in [2.45, 2.75) is 18.8 Å². The van der Waals surface area contributed by atoms with Crippen LogP contribution in [0.2, 0.25) is 0 Å². The molecule has 1 saturated heterocycles. The molecule has 0 aliphatic carbocycles. The van der Waals surface area contributed by atoms with Gasteiger partial charge in [-0.05, 0) is 25.0 Å². The van der Waals surface area contributed by atoms with E-state index in [0.29, 0.717) is 11.7 Å². The van der Waals surface area contributed by atoms with Crippen molar-refractivity contribution in [3.63, 3.8) is 0 Å². The number of fused-ring (bicyclic) bond motifs is 1. The summed E-state index contributed by atoms with van der Waals surface area (Å²) in [5, 5.41) is 9.71. The molecule has 2 aromatic carbocycles. The average molecular weight is 423 g/mol. The third-order valence-electron chi connectivity index (χ3n) is 5.96. The summed E-state index contributed by atoms with van der Waals surface area (Å²) in [5.41, 5.74) is 2.77. The number of nitrogens with zero attached hydrogens (tertiary/aromatic N) is 7. The molecule has 158 valence electrons. The third-order valence-corrected chi connectivity index (χ3v) is 5.96. The van der Waals surface area contributed by atoms with Crippen LogP contribution in [0.5, 0.6) is 0 Å². The maximum atomic E-state index is 5.60. The molecule has 8 nitrogen and oxygen atoms in total. The minimum absolute atomic E-state index is 0.251. The number of rotatable bonds is 4. The smallest absolute Gasteiger partial charge is 0.230 e. The predicted molar refractivity (Wildman–Crippen MR) is 121 cm³/mol. The van der Waals surface area contributed by atoms with Gasteiger partial charge in [0.1, 0.15) is 12.1 Å². The highest BCUT2D eigenvalue weighted by molar-refractivity contribution is 5.87. The Morgan fingerprint density at radius 2 is 1.62 bits per heavy atom. The lowest BCUT2D eigenvalue weighted by Crippen LogP contribution is -2.33. The molecule has 0 bridgehead atoms. The van der Waals surface area contributed by atoms with Crippen molar-refractivity contribution < 1.29 is 4.52 Å². The Balaban J connectivity index is 1.21. The molecule has 6 rings (SSSR count). The second-order valence-electron chi connectivity index (χ2n) is 7.91. The fourth-order valence-corrected chi connectivity index (χ4v) is 4.29. The second-order valence-corrected chi connectivity index (χ2v) is 7.91. The van der Waals surface area contributed by atoms with Gasteiger partial charge in [0.25, 0.3) is 0 Å². The van der Waals surface area contributed by atoms with Gasteiger partial charge in [-0.1, -0.05) is 53.7 Å². The maximum absolute atomic E-state index is 5.60. The standard InChI is InChI=1S/C24H21N7O/c1-3-7-17(8-4-1)21-28-24(32-29-21)18-11-13-30(14-12-18)22-20-15-27-31(23(20)26-16-25-22)19-9-5-2-6-10-19/h1-10,15-16,18H,11-14H2. The van der Waals surface area contributed by atoms with E-state index in [1.165, 1.54) is 0 Å². The maximum Gasteiger partial charge on any atom is 0.230 e. The molecule has 1 fully saturated rings. The summed E-state index contributed by atoms with van der Waals surface area (Å²) in [4.78, 5) is 16.0. The highest BCUT2D eigenvalue weighted by Gasteiger charge is 2.27. The molecule has 0 N–H and O–H groups in total. The number of anilines is 1. The van der Waals surface area contributed by atoms with Gasteiger partial charge < -0.3 is 9.42 Å². The Labute approximate surface area is 184 Å². The molecule has 0 saturated carbocycles. The fraction of sp³-hybridized carbons (Fsp3) is 0.208. The summed E-state index contributed by atoms with van der Waals surface area (Å²) in [6.07, 6.45) is 5.33. The van der Waals surface area contributed by atoms with Crippen molar-refractivity contribution in [1.82, 2.24) is 29.9 Å². The quantitative estimate of drug-likeness (QED) is 0.427. The number of piperidine rings is 1. The van der Waals surface area contributed by atoms with E-state index in [0.717, 1.165) is 54.0 Å². The largest absolute Gasteiger partial charge is 0.356 e. The van der Waals surface area contributed by atoms with Gasteiger partial charge in [-0.15, -0.1) is 0 Å². The monoisotopic (exact) mass is 423 g/mol. The number of hydrogen-bond donors (Lipinski definition) is 0. The van der Waals surface area contributed by atoms with Crippen LogP contribution in [-0.4, -0.2) is 43.0 Å². The average Bonchev–Trinajstić information content (AvgIpc) is 3.53. The van der Waals surface area contributed by atoms with Crippen LogP contribution in [-0.2, 0) is 0 Å². The molecular formula is C24H21N7O. The van der Waals surface area contributed by atoms with Crippen molar-refractivity contribution in [2.75, 3.05) is 18.0 Å². The van der Waals surface area contributed by atoms with Crippen molar-refractivity contribution in [2.24, 2.45) is 0 Å². The highest BCUT2D eigenvalue weighted by atomic mass is 16.5. The van der Waals surface area contributed by atoms with Crippen LogP contribution in [0, 0.1) is 0 Å². The first-order valence-corrected chi connectivity index (χ1v) is 10.7. The lowest BCUT2D eigenvalue weighted by molar-refractivity contribution is 0.329. The minimum Gasteiger partial charge on any atom is -0.356 e. The van der Waals surface area contributed by atoms with Gasteiger partial charge in [0.05, 0.1) is 17.3 Å². The van der Waals surface area contributed by atoms with Crippen LogP contribution in [0.4, 0.5) is 5.82 Å². The Morgan fingerprint density at radius 3 is 2.41 bits per heavy atom. The van der Waals surface area contributed by atoms with Crippen LogP contribution in [0.15, 0.2) is 77.7 Å². The normalized spacial score (nSPS) is 14.8. The first-order valence-electron chi connectivity index (χ1n) is 10.7. The van der Waals surface area contributed by atoms with Gasteiger partial charge in [-0.3, -0.25) is 0 Å². The molecule has 0 amide bonds. The highest BCUT2D eigenvalue weighted by Crippen LogP contribution is 2.32. The summed E-state index contributed by atoms with van der Waals surface area (Å²) in [7, 11) is 0. The van der Waals surface area contributed by atoms with E-state index in [1.807, 2.05) is 71.5 Å². The number of para-hydroxylation sites is 1. The summed E-state index contributed by atoms with van der Waals surface area (Å²) in [6, 6.07) is 20.0. The SMILES string of the molecule is c1ccc(-c2noc(C3CCN(c4ncnc5c4cnn5-c4ccccc4)CC3)n2)cc1. The molecule has 5 aromatic rings. The molecule has 3 aromatic heterocycles. The molecule has 0 unspecified atom stereocenters. The number of hydrogen-bond acceptors (Lipinski definition) is 7. The minimum atomic E-state index is 0.251. The summed E-state index contributed by atoms with van der Waals surface area (Å²) in [6.45, 7) is 1.71. The van der Waals surface area contributed by atoms with E-state index in [-0.39, 0.29) is 5.92 Å². The van der Waals surface area contributed by atoms with Crippen LogP contribution >= 0.6 is 0 Å². The van der Waals surface area contributed by atoms with Gasteiger partial charge in [0, 0.05) is 24.6 Å². The molecule has 0 radical (unpaired) electrons. The zero-order chi connectivity index (χ0) is 21.3. The lowest BCUT2D eigenvalue weighted by atomic mass is 9.96. The van der Waals surface area contributed by atoms with Gasteiger partial charge in [-0.25, -0.2) is 14.6 Å². The predicted octanol–water partition coefficient (Wildman–Crippen LogP) is 4.25. The van der Waals surface area contributed by atoms with Crippen LogP contribution in [0.25, 0.3) is 28.1 Å². The molecule has 8 heteroatoms. The second kappa shape index (κ2) is 7.88. The van der Waals surface area contributed by atoms with Crippen LogP contribution < -0.4 is 4.90 Å². The van der Waals surface area contributed by atoms with Gasteiger partial charge in [0.2, 0.25) is 11.7 Å². The third kappa shape index (κ3) is 3.30. The van der Waals surface area contributed by atoms with E-state index in [1.54, 1.807) is 6.33 Å². The summed E-state index contributed by atoms with van der Waals surface area (Å²) >= 11 is 0. The van der Waals surface area contributed by atoms with Crippen molar-refractivity contribution in [3.8, 4) is 17.1 Å². The fourth-order valence-electron chi connectivity index (χ4n) is 4.29. The van der Waals surface area contributed by atoms with E-state index < -0.39 is 0 Å². The molecule has 32 heavy (non-hydrogen) atoms. The molecule has 1 aliphatic heterocycles. The first-order chi connectivity index (χ1) is 15.9. The van der Waals surface area contributed by atoms with Crippen molar-refractivity contribution in [3.05, 3.63) is 79.1 Å². The van der Waals surface area contributed by atoms with Gasteiger partial charge in [0.15, 0.2) is 5.65 Å². The summed E-state index contributed by atoms with van der Waals surface area (Å²) in [5.74, 6) is 2.54. The zero-order valence-electron chi connectivity index (χ0n) is 17.4. The number of benzene rings is 2. The number of aromatic nitrogens is 6. The Morgan fingerprint density at radius 1 is 0.875 bits per heavy atom. The molecule has 1 aliphatic rings. The topological polar surface area (TPSA) is 85.8 Å².